The van der Waals surface area contributed by atoms with Gasteiger partial charge in [0.05, 0.1) is 10.6 Å². The molecule has 1 N–H and O–H groups in total. The summed E-state index contributed by atoms with van der Waals surface area (Å²) >= 11 is 0. The van der Waals surface area contributed by atoms with Crippen molar-refractivity contribution in [2.75, 3.05) is 17.4 Å². The number of carbonyl (C=O) groups is 2. The molecular weight excluding hydrogens is 541 g/mol. The number of nitrogens with one attached hydrogen (secondary N) is 1. The molecule has 7 nitrogen and oxygen atoms in total. The van der Waals surface area contributed by atoms with Crippen molar-refractivity contribution in [3.8, 4) is 0 Å². The molecule has 0 aromatic heterocycles. The van der Waals surface area contributed by atoms with Crippen molar-refractivity contribution in [1.29, 1.82) is 0 Å². The van der Waals surface area contributed by atoms with Crippen molar-refractivity contribution in [3.63, 3.8) is 0 Å². The summed E-state index contributed by atoms with van der Waals surface area (Å²) in [5.41, 5.74) is 3.57. The molecule has 3 aromatic carbocycles. The number of halogens is 1. The lowest BCUT2D eigenvalue weighted by Crippen LogP contribution is -2.52. The Bertz CT molecular complexity index is 1440. The average molecular weight is 582 g/mol. The quantitative estimate of drug-likeness (QED) is 0.305. The summed E-state index contributed by atoms with van der Waals surface area (Å²) < 4.78 is 42.8. The summed E-state index contributed by atoms with van der Waals surface area (Å²) in [6, 6.07) is 16.7. The van der Waals surface area contributed by atoms with Gasteiger partial charge in [0, 0.05) is 13.1 Å². The van der Waals surface area contributed by atoms with Gasteiger partial charge in [-0.25, -0.2) is 12.8 Å². The molecule has 41 heavy (non-hydrogen) atoms. The van der Waals surface area contributed by atoms with E-state index in [1.807, 2.05) is 40.7 Å². The first-order chi connectivity index (χ1) is 19.3. The van der Waals surface area contributed by atoms with E-state index in [0.717, 1.165) is 21.0 Å². The standard InChI is InChI=1S/C32H40FN3O4S/c1-7-30(32(38)34-19-22(2)3)35(20-26-10-12-27(33)13-11-26)31(37)21-36(28-17-24(5)16-25(6)18-28)41(39,40)29-14-8-23(4)9-15-29/h8-18,22,30H,7,19-21H2,1-6H3,(H,34,38)/t30-/m1/s1. The molecule has 0 saturated heterocycles. The molecule has 9 heteroatoms. The van der Waals surface area contributed by atoms with Gasteiger partial charge in [-0.15, -0.1) is 0 Å². The summed E-state index contributed by atoms with van der Waals surface area (Å²) in [6.45, 7) is 11.3. The number of hydrogen-bond acceptors (Lipinski definition) is 4. The zero-order valence-electron chi connectivity index (χ0n) is 24.6. The molecule has 2 amide bonds. The van der Waals surface area contributed by atoms with Crippen molar-refractivity contribution in [2.45, 2.75) is 65.4 Å². The first-order valence-electron chi connectivity index (χ1n) is 13.8. The second kappa shape index (κ2) is 13.8. The molecule has 0 bridgehead atoms. The van der Waals surface area contributed by atoms with Gasteiger partial charge in [0.1, 0.15) is 18.4 Å². The Hall–Kier alpha value is -3.72. The molecule has 0 radical (unpaired) electrons. The van der Waals surface area contributed by atoms with Gasteiger partial charge in [0.2, 0.25) is 11.8 Å². The van der Waals surface area contributed by atoms with Crippen LogP contribution in [-0.4, -0.2) is 44.3 Å². The van der Waals surface area contributed by atoms with Crippen molar-refractivity contribution < 1.29 is 22.4 Å². The summed E-state index contributed by atoms with van der Waals surface area (Å²) in [5.74, 6) is -1.08. The molecule has 0 aliphatic rings. The lowest BCUT2D eigenvalue weighted by Gasteiger charge is -2.33. The number of amides is 2. The molecule has 0 aliphatic carbocycles. The number of carbonyl (C=O) groups excluding carboxylic acids is 2. The van der Waals surface area contributed by atoms with Gasteiger partial charge >= 0.3 is 0 Å². The van der Waals surface area contributed by atoms with Crippen LogP contribution in [0.1, 0.15) is 49.4 Å². The SMILES string of the molecule is CC[C@H](C(=O)NCC(C)C)N(Cc1ccc(F)cc1)C(=O)CN(c1cc(C)cc(C)c1)S(=O)(=O)c1ccc(C)cc1. The van der Waals surface area contributed by atoms with Crippen molar-refractivity contribution in [2.24, 2.45) is 5.92 Å². The highest BCUT2D eigenvalue weighted by molar-refractivity contribution is 7.92. The second-order valence-electron chi connectivity index (χ2n) is 10.9. The summed E-state index contributed by atoms with van der Waals surface area (Å²) in [7, 11) is -4.15. The van der Waals surface area contributed by atoms with E-state index in [4.69, 9.17) is 0 Å². The zero-order valence-corrected chi connectivity index (χ0v) is 25.5. The van der Waals surface area contributed by atoms with E-state index in [2.05, 4.69) is 5.32 Å². The van der Waals surface area contributed by atoms with E-state index < -0.39 is 34.3 Å². The summed E-state index contributed by atoms with van der Waals surface area (Å²) in [6.07, 6.45) is 0.311. The maximum absolute atomic E-state index is 14.1. The Morgan fingerprint density at radius 3 is 2.00 bits per heavy atom. The predicted molar refractivity (Wildman–Crippen MR) is 161 cm³/mol. The van der Waals surface area contributed by atoms with Crippen molar-refractivity contribution in [1.82, 2.24) is 10.2 Å². The third-order valence-corrected chi connectivity index (χ3v) is 8.51. The first-order valence-corrected chi connectivity index (χ1v) is 15.2. The van der Waals surface area contributed by atoms with Gasteiger partial charge in [-0.3, -0.25) is 13.9 Å². The zero-order chi connectivity index (χ0) is 30.3. The third-order valence-electron chi connectivity index (χ3n) is 6.72. The van der Waals surface area contributed by atoms with Crippen LogP contribution in [0.5, 0.6) is 0 Å². The van der Waals surface area contributed by atoms with Crippen LogP contribution in [0.25, 0.3) is 0 Å². The molecule has 220 valence electrons. The van der Waals surface area contributed by atoms with Gasteiger partial charge < -0.3 is 10.2 Å². The van der Waals surface area contributed by atoms with Crippen LogP contribution in [0.3, 0.4) is 0 Å². The highest BCUT2D eigenvalue weighted by Gasteiger charge is 2.33. The summed E-state index contributed by atoms with van der Waals surface area (Å²) in [5, 5.41) is 2.90. The maximum atomic E-state index is 14.1. The first kappa shape index (κ1) is 31.8. The lowest BCUT2D eigenvalue weighted by molar-refractivity contribution is -0.140. The number of benzene rings is 3. The topological polar surface area (TPSA) is 86.8 Å². The van der Waals surface area contributed by atoms with Gasteiger partial charge in [0.25, 0.3) is 10.0 Å². The van der Waals surface area contributed by atoms with Crippen molar-refractivity contribution in [3.05, 3.63) is 94.8 Å². The van der Waals surface area contributed by atoms with Gasteiger partial charge in [-0.2, -0.15) is 0 Å². The molecule has 3 aromatic rings. The van der Waals surface area contributed by atoms with E-state index in [1.165, 1.54) is 29.2 Å². The average Bonchev–Trinajstić information content (AvgIpc) is 2.91. The molecule has 0 aliphatic heterocycles. The van der Waals surface area contributed by atoms with E-state index in [9.17, 15) is 22.4 Å². The molecule has 0 heterocycles. The fraction of sp³-hybridized carbons (Fsp3) is 0.375. The van der Waals surface area contributed by atoms with Crippen molar-refractivity contribution >= 4 is 27.5 Å². The normalized spacial score (nSPS) is 12.2. The molecule has 1 atom stereocenters. The third kappa shape index (κ3) is 8.39. The minimum absolute atomic E-state index is 0.0119. The highest BCUT2D eigenvalue weighted by atomic mass is 32.2. The second-order valence-corrected chi connectivity index (χ2v) is 12.7. The molecular formula is C32H40FN3O4S. The Morgan fingerprint density at radius 2 is 1.46 bits per heavy atom. The summed E-state index contributed by atoms with van der Waals surface area (Å²) in [4.78, 5) is 28.8. The number of nitrogens with zero attached hydrogens (tertiary/aromatic N) is 2. The number of rotatable bonds is 12. The van der Waals surface area contributed by atoms with E-state index in [0.29, 0.717) is 24.2 Å². The molecule has 0 spiro atoms. The maximum Gasteiger partial charge on any atom is 0.264 e. The smallest absolute Gasteiger partial charge is 0.264 e. The van der Waals surface area contributed by atoms with E-state index >= 15 is 0 Å². The van der Waals surface area contributed by atoms with Gasteiger partial charge in [0.15, 0.2) is 0 Å². The Balaban J connectivity index is 2.07. The molecule has 0 saturated carbocycles. The Labute approximate surface area is 243 Å². The molecule has 0 unspecified atom stereocenters. The lowest BCUT2D eigenvalue weighted by atomic mass is 10.1. The number of anilines is 1. The largest absolute Gasteiger partial charge is 0.354 e. The Morgan fingerprint density at radius 1 is 0.878 bits per heavy atom. The van der Waals surface area contributed by atoms with Gasteiger partial charge in [-0.1, -0.05) is 56.7 Å². The van der Waals surface area contributed by atoms with E-state index in [1.54, 1.807) is 43.3 Å². The number of aryl methyl sites for hydroxylation is 3. The van der Waals surface area contributed by atoms with E-state index in [-0.39, 0.29) is 23.3 Å². The van der Waals surface area contributed by atoms with Crippen LogP contribution < -0.4 is 9.62 Å². The fourth-order valence-corrected chi connectivity index (χ4v) is 5.99. The van der Waals surface area contributed by atoms with Crippen LogP contribution in [0, 0.1) is 32.5 Å². The monoisotopic (exact) mass is 581 g/mol. The Kier molecular flexibility index (Phi) is 10.7. The minimum atomic E-state index is -4.15. The van der Waals surface area contributed by atoms with Crippen LogP contribution >= 0.6 is 0 Å². The fourth-order valence-electron chi connectivity index (χ4n) is 4.59. The number of sulfonamides is 1. The minimum Gasteiger partial charge on any atom is -0.354 e. The van der Waals surface area contributed by atoms with Crippen LogP contribution in [-0.2, 0) is 26.2 Å². The predicted octanol–water partition coefficient (Wildman–Crippen LogP) is 5.53. The molecule has 3 rings (SSSR count). The van der Waals surface area contributed by atoms with Crippen LogP contribution in [0.4, 0.5) is 10.1 Å². The van der Waals surface area contributed by atoms with Crippen LogP contribution in [0.2, 0.25) is 0 Å². The highest BCUT2D eigenvalue weighted by Crippen LogP contribution is 2.27. The molecule has 0 fully saturated rings. The van der Waals surface area contributed by atoms with Gasteiger partial charge in [-0.05, 0) is 86.2 Å². The van der Waals surface area contributed by atoms with Crippen LogP contribution in [0.15, 0.2) is 71.6 Å². The number of hydrogen-bond donors (Lipinski definition) is 1.